The molecule has 5 heteroatoms. The Hall–Kier alpha value is -3.05. The predicted octanol–water partition coefficient (Wildman–Crippen LogP) is 4.89. The van der Waals surface area contributed by atoms with Crippen LogP contribution in [0.5, 0.6) is 0 Å². The highest BCUT2D eigenvalue weighted by molar-refractivity contribution is 7.14. The van der Waals surface area contributed by atoms with Gasteiger partial charge in [-0.2, -0.15) is 0 Å². The number of hydrogen-bond acceptors (Lipinski definition) is 4. The maximum Gasteiger partial charge on any atom is 0.224 e. The third-order valence-corrected chi connectivity index (χ3v) is 5.08. The van der Waals surface area contributed by atoms with Crippen LogP contribution in [0, 0.1) is 6.92 Å². The lowest BCUT2D eigenvalue weighted by Crippen LogP contribution is -2.13. The SMILES string of the molecule is Cc1ccc(C(=O)CCC(=O)Nc2cccc(C(=O)c3ccccc3)c2)s1. The molecule has 0 saturated heterocycles. The van der Waals surface area contributed by atoms with Gasteiger partial charge in [-0.1, -0.05) is 42.5 Å². The van der Waals surface area contributed by atoms with Crippen molar-refractivity contribution in [2.45, 2.75) is 19.8 Å². The Morgan fingerprint density at radius 2 is 1.59 bits per heavy atom. The van der Waals surface area contributed by atoms with Crippen molar-refractivity contribution in [3.8, 4) is 0 Å². The number of rotatable bonds is 7. The Labute approximate surface area is 161 Å². The van der Waals surface area contributed by atoms with Crippen LogP contribution in [0.1, 0.15) is 43.3 Å². The number of hydrogen-bond donors (Lipinski definition) is 1. The molecule has 0 unspecified atom stereocenters. The minimum atomic E-state index is -0.249. The summed E-state index contributed by atoms with van der Waals surface area (Å²) in [5, 5.41) is 2.76. The molecule has 0 aliphatic heterocycles. The number of anilines is 1. The third-order valence-electron chi connectivity index (χ3n) is 4.04. The largest absolute Gasteiger partial charge is 0.326 e. The van der Waals surface area contributed by atoms with Gasteiger partial charge in [-0.3, -0.25) is 14.4 Å². The van der Waals surface area contributed by atoms with Gasteiger partial charge in [0, 0.05) is 34.5 Å². The Balaban J connectivity index is 1.60. The molecule has 136 valence electrons. The molecule has 0 aliphatic rings. The van der Waals surface area contributed by atoms with Crippen molar-refractivity contribution >= 4 is 34.5 Å². The lowest BCUT2D eigenvalue weighted by molar-refractivity contribution is -0.116. The summed E-state index contributed by atoms with van der Waals surface area (Å²) in [6.07, 6.45) is 0.265. The van der Waals surface area contributed by atoms with Crippen molar-refractivity contribution in [3.63, 3.8) is 0 Å². The van der Waals surface area contributed by atoms with Crippen LogP contribution in [0.2, 0.25) is 0 Å². The minimum Gasteiger partial charge on any atom is -0.326 e. The number of Topliss-reactive ketones (excluding diaryl/α,β-unsaturated/α-hetero) is 1. The average molecular weight is 377 g/mol. The fraction of sp³-hybridized carbons (Fsp3) is 0.136. The molecule has 2 aromatic carbocycles. The number of aryl methyl sites for hydroxylation is 1. The Morgan fingerprint density at radius 3 is 2.30 bits per heavy atom. The van der Waals surface area contributed by atoms with E-state index < -0.39 is 0 Å². The smallest absolute Gasteiger partial charge is 0.224 e. The van der Waals surface area contributed by atoms with E-state index in [9.17, 15) is 14.4 Å². The first-order chi connectivity index (χ1) is 13.0. The molecule has 0 spiro atoms. The molecule has 0 aliphatic carbocycles. The second-order valence-corrected chi connectivity index (χ2v) is 7.45. The molecule has 1 N–H and O–H groups in total. The summed E-state index contributed by atoms with van der Waals surface area (Å²) in [6, 6.07) is 19.5. The maximum absolute atomic E-state index is 12.5. The Bertz CT molecular complexity index is 976. The lowest BCUT2D eigenvalue weighted by atomic mass is 10.0. The summed E-state index contributed by atoms with van der Waals surface area (Å²) in [7, 11) is 0. The van der Waals surface area contributed by atoms with E-state index in [2.05, 4.69) is 5.32 Å². The highest BCUT2D eigenvalue weighted by Crippen LogP contribution is 2.18. The Morgan fingerprint density at radius 1 is 0.852 bits per heavy atom. The van der Waals surface area contributed by atoms with Crippen molar-refractivity contribution in [2.24, 2.45) is 0 Å². The van der Waals surface area contributed by atoms with Crippen molar-refractivity contribution in [3.05, 3.63) is 87.6 Å². The quantitative estimate of drug-likeness (QED) is 0.596. The van der Waals surface area contributed by atoms with Crippen LogP contribution in [0.4, 0.5) is 5.69 Å². The van der Waals surface area contributed by atoms with E-state index in [1.54, 1.807) is 42.5 Å². The van der Waals surface area contributed by atoms with Gasteiger partial charge in [-0.15, -0.1) is 11.3 Å². The van der Waals surface area contributed by atoms with Gasteiger partial charge >= 0.3 is 0 Å². The van der Waals surface area contributed by atoms with Crippen LogP contribution in [-0.2, 0) is 4.79 Å². The van der Waals surface area contributed by atoms with E-state index >= 15 is 0 Å². The Kier molecular flexibility index (Phi) is 5.94. The molecule has 0 bridgehead atoms. The summed E-state index contributed by atoms with van der Waals surface area (Å²) in [4.78, 5) is 38.5. The molecule has 27 heavy (non-hydrogen) atoms. The zero-order valence-corrected chi connectivity index (χ0v) is 15.7. The van der Waals surface area contributed by atoms with E-state index in [0.29, 0.717) is 21.7 Å². The van der Waals surface area contributed by atoms with Crippen molar-refractivity contribution in [1.29, 1.82) is 0 Å². The van der Waals surface area contributed by atoms with Gasteiger partial charge in [-0.05, 0) is 31.2 Å². The van der Waals surface area contributed by atoms with Crippen LogP contribution in [0.25, 0.3) is 0 Å². The van der Waals surface area contributed by atoms with Gasteiger partial charge in [-0.25, -0.2) is 0 Å². The molecule has 0 fully saturated rings. The number of carbonyl (C=O) groups excluding carboxylic acids is 3. The van der Waals surface area contributed by atoms with Gasteiger partial charge in [0.15, 0.2) is 11.6 Å². The second kappa shape index (κ2) is 8.56. The van der Waals surface area contributed by atoms with E-state index in [0.717, 1.165) is 4.88 Å². The van der Waals surface area contributed by atoms with E-state index in [-0.39, 0.29) is 30.3 Å². The van der Waals surface area contributed by atoms with Gasteiger partial charge in [0.2, 0.25) is 5.91 Å². The number of benzene rings is 2. The number of amides is 1. The monoisotopic (exact) mass is 377 g/mol. The van der Waals surface area contributed by atoms with E-state index in [1.807, 2.05) is 31.2 Å². The second-order valence-electron chi connectivity index (χ2n) is 6.16. The summed E-state index contributed by atoms with van der Waals surface area (Å²) in [5.41, 5.74) is 1.64. The lowest BCUT2D eigenvalue weighted by Gasteiger charge is -2.07. The number of ketones is 2. The molecule has 1 heterocycles. The average Bonchev–Trinajstić information content (AvgIpc) is 3.13. The van der Waals surface area contributed by atoms with E-state index in [1.165, 1.54) is 11.3 Å². The molecular formula is C22H19NO3S. The van der Waals surface area contributed by atoms with Crippen molar-refractivity contribution in [2.75, 3.05) is 5.32 Å². The third kappa shape index (κ3) is 4.99. The van der Waals surface area contributed by atoms with Crippen LogP contribution >= 0.6 is 11.3 Å². The molecule has 0 radical (unpaired) electrons. The van der Waals surface area contributed by atoms with Gasteiger partial charge in [0.1, 0.15) is 0 Å². The van der Waals surface area contributed by atoms with E-state index in [4.69, 9.17) is 0 Å². The molecule has 3 rings (SSSR count). The zero-order chi connectivity index (χ0) is 19.2. The molecule has 4 nitrogen and oxygen atoms in total. The maximum atomic E-state index is 12.5. The van der Waals surface area contributed by atoms with Gasteiger partial charge in [0.05, 0.1) is 4.88 Å². The van der Waals surface area contributed by atoms with Crippen LogP contribution in [0.15, 0.2) is 66.7 Å². The molecule has 0 atom stereocenters. The number of nitrogens with one attached hydrogen (secondary N) is 1. The molecule has 1 aromatic heterocycles. The van der Waals surface area contributed by atoms with Crippen LogP contribution < -0.4 is 5.32 Å². The van der Waals surface area contributed by atoms with Crippen molar-refractivity contribution < 1.29 is 14.4 Å². The highest BCUT2D eigenvalue weighted by Gasteiger charge is 2.13. The normalized spacial score (nSPS) is 10.4. The topological polar surface area (TPSA) is 63.2 Å². The van der Waals surface area contributed by atoms with Crippen molar-refractivity contribution in [1.82, 2.24) is 0 Å². The summed E-state index contributed by atoms with van der Waals surface area (Å²) < 4.78 is 0. The summed E-state index contributed by atoms with van der Waals surface area (Å²) >= 11 is 1.44. The molecule has 0 saturated carbocycles. The van der Waals surface area contributed by atoms with Crippen LogP contribution in [-0.4, -0.2) is 17.5 Å². The first-order valence-corrected chi connectivity index (χ1v) is 9.44. The number of thiophene rings is 1. The fourth-order valence-corrected chi connectivity index (χ4v) is 3.49. The number of carbonyl (C=O) groups is 3. The zero-order valence-electron chi connectivity index (χ0n) is 14.9. The fourth-order valence-electron chi connectivity index (χ4n) is 2.65. The van der Waals surface area contributed by atoms with Gasteiger partial charge in [0.25, 0.3) is 0 Å². The van der Waals surface area contributed by atoms with Gasteiger partial charge < -0.3 is 5.32 Å². The predicted molar refractivity (Wildman–Crippen MR) is 108 cm³/mol. The molecular weight excluding hydrogens is 358 g/mol. The first-order valence-electron chi connectivity index (χ1n) is 8.62. The highest BCUT2D eigenvalue weighted by atomic mass is 32.1. The molecule has 1 amide bonds. The summed E-state index contributed by atoms with van der Waals surface area (Å²) in [6.45, 7) is 1.94. The first kappa shape index (κ1) is 18.7. The molecule has 3 aromatic rings. The van der Waals surface area contributed by atoms with Crippen LogP contribution in [0.3, 0.4) is 0 Å². The summed E-state index contributed by atoms with van der Waals surface area (Å²) in [5.74, 6) is -0.382. The standard InChI is InChI=1S/C22H19NO3S/c1-15-10-12-20(27-15)19(24)11-13-21(25)23-18-9-5-8-17(14-18)22(26)16-6-3-2-4-7-16/h2-10,12,14H,11,13H2,1H3,(H,23,25). The minimum absolute atomic E-state index is 0.0312.